The summed E-state index contributed by atoms with van der Waals surface area (Å²) in [6, 6.07) is 6.78. The van der Waals surface area contributed by atoms with E-state index >= 15 is 0 Å². The van der Waals surface area contributed by atoms with Gasteiger partial charge in [-0.2, -0.15) is 0 Å². The number of rotatable bonds is 5. The maximum atomic E-state index is 12.6. The van der Waals surface area contributed by atoms with Gasteiger partial charge in [-0.1, -0.05) is 0 Å². The van der Waals surface area contributed by atoms with E-state index in [2.05, 4.69) is 0 Å². The van der Waals surface area contributed by atoms with Crippen molar-refractivity contribution in [3.05, 3.63) is 29.8 Å². The first-order valence-corrected chi connectivity index (χ1v) is 9.42. The summed E-state index contributed by atoms with van der Waals surface area (Å²) >= 11 is 0. The van der Waals surface area contributed by atoms with Crippen molar-refractivity contribution in [2.45, 2.75) is 39.3 Å². The van der Waals surface area contributed by atoms with Gasteiger partial charge >= 0.3 is 0 Å². The minimum Gasteiger partial charge on any atom is -0.491 e. The molecule has 122 valence electrons. The Morgan fingerprint density at radius 2 is 1.95 bits per heavy atom. The lowest BCUT2D eigenvalue weighted by molar-refractivity contribution is 0.0708. The number of ether oxygens (including phenoxy) is 1. The van der Waals surface area contributed by atoms with E-state index in [1.54, 1.807) is 29.2 Å². The Balaban J connectivity index is 2.11. The van der Waals surface area contributed by atoms with Crippen molar-refractivity contribution in [3.8, 4) is 5.75 Å². The van der Waals surface area contributed by atoms with Crippen LogP contribution in [0.3, 0.4) is 0 Å². The van der Waals surface area contributed by atoms with Crippen molar-refractivity contribution < 1.29 is 17.9 Å². The number of sulfone groups is 1. The van der Waals surface area contributed by atoms with Crippen LogP contribution in [0, 0.1) is 0 Å². The molecule has 1 saturated heterocycles. The minimum atomic E-state index is -3.00. The zero-order valence-electron chi connectivity index (χ0n) is 13.3. The first-order chi connectivity index (χ1) is 10.3. The summed E-state index contributed by atoms with van der Waals surface area (Å²) in [6.07, 6.45) is 0.605. The number of carbonyl (C=O) groups excluding carboxylic acids is 1. The van der Waals surface area contributed by atoms with Crippen LogP contribution in [-0.2, 0) is 9.84 Å². The lowest BCUT2D eigenvalue weighted by Gasteiger charge is -2.27. The third-order valence-electron chi connectivity index (χ3n) is 3.72. The largest absolute Gasteiger partial charge is 0.491 e. The number of amides is 1. The number of hydrogen-bond acceptors (Lipinski definition) is 4. The molecule has 0 aliphatic carbocycles. The van der Waals surface area contributed by atoms with Gasteiger partial charge in [-0.3, -0.25) is 4.79 Å². The summed E-state index contributed by atoms with van der Waals surface area (Å²) in [7, 11) is -3.00. The summed E-state index contributed by atoms with van der Waals surface area (Å²) in [6.45, 7) is 6.26. The topological polar surface area (TPSA) is 63.7 Å². The molecular weight excluding hydrogens is 302 g/mol. The van der Waals surface area contributed by atoms with E-state index in [0.717, 1.165) is 5.75 Å². The molecule has 1 heterocycles. The first-order valence-electron chi connectivity index (χ1n) is 7.60. The predicted octanol–water partition coefficient (Wildman–Crippen LogP) is 2.12. The van der Waals surface area contributed by atoms with Crippen LogP contribution >= 0.6 is 0 Å². The Morgan fingerprint density at radius 1 is 1.32 bits per heavy atom. The van der Waals surface area contributed by atoms with Crippen LogP contribution in [-0.4, -0.2) is 49.4 Å². The van der Waals surface area contributed by atoms with Crippen LogP contribution < -0.4 is 4.74 Å². The van der Waals surface area contributed by atoms with E-state index in [9.17, 15) is 13.2 Å². The average Bonchev–Trinajstić information content (AvgIpc) is 2.80. The Morgan fingerprint density at radius 3 is 2.41 bits per heavy atom. The third-order valence-corrected chi connectivity index (χ3v) is 5.47. The van der Waals surface area contributed by atoms with Gasteiger partial charge in [0.1, 0.15) is 5.75 Å². The highest BCUT2D eigenvalue weighted by Gasteiger charge is 2.34. The number of hydrogen-bond donors (Lipinski definition) is 0. The summed E-state index contributed by atoms with van der Waals surface area (Å²) in [4.78, 5) is 14.3. The lowest BCUT2D eigenvalue weighted by atomic mass is 10.1. The molecule has 1 aliphatic rings. The SMILES string of the molecule is CCN(C(=O)c1ccc(OC(C)C)cc1)[C@H]1CCS(=O)(=O)C1. The van der Waals surface area contributed by atoms with E-state index in [0.29, 0.717) is 18.5 Å². The fraction of sp³-hybridized carbons (Fsp3) is 0.562. The fourth-order valence-corrected chi connectivity index (χ4v) is 4.43. The smallest absolute Gasteiger partial charge is 0.254 e. The molecule has 1 atom stereocenters. The summed E-state index contributed by atoms with van der Waals surface area (Å²) < 4.78 is 28.8. The maximum Gasteiger partial charge on any atom is 0.254 e. The van der Waals surface area contributed by atoms with Crippen molar-refractivity contribution in [2.24, 2.45) is 0 Å². The molecule has 5 nitrogen and oxygen atoms in total. The molecule has 0 bridgehead atoms. The molecule has 0 radical (unpaired) electrons. The van der Waals surface area contributed by atoms with Gasteiger partial charge in [0.25, 0.3) is 5.91 Å². The standard InChI is InChI=1S/C16H23NO4S/c1-4-17(14-9-10-22(19,20)11-14)16(18)13-5-7-15(8-6-13)21-12(2)3/h5-8,12,14H,4,9-11H2,1-3H3/t14-/m0/s1. The van der Waals surface area contributed by atoms with E-state index in [4.69, 9.17) is 4.74 Å². The Bertz CT molecular complexity index is 622. The van der Waals surface area contributed by atoms with E-state index < -0.39 is 9.84 Å². The monoisotopic (exact) mass is 325 g/mol. The summed E-state index contributed by atoms with van der Waals surface area (Å²) in [5.74, 6) is 0.836. The molecule has 1 aliphatic heterocycles. The van der Waals surface area contributed by atoms with Crippen LogP contribution in [0.5, 0.6) is 5.75 Å². The van der Waals surface area contributed by atoms with Crippen LogP contribution in [0.2, 0.25) is 0 Å². The van der Waals surface area contributed by atoms with Crippen molar-refractivity contribution in [3.63, 3.8) is 0 Å². The minimum absolute atomic E-state index is 0.0706. The van der Waals surface area contributed by atoms with Gasteiger partial charge in [-0.25, -0.2) is 8.42 Å². The van der Waals surface area contributed by atoms with Crippen LogP contribution in [0.4, 0.5) is 0 Å². The average molecular weight is 325 g/mol. The maximum absolute atomic E-state index is 12.6. The van der Waals surface area contributed by atoms with Gasteiger partial charge in [0.05, 0.1) is 17.6 Å². The molecule has 1 amide bonds. The quantitative estimate of drug-likeness (QED) is 0.832. The Kier molecular flexibility index (Phi) is 5.11. The molecule has 1 aromatic rings. The number of nitrogens with zero attached hydrogens (tertiary/aromatic N) is 1. The molecule has 0 unspecified atom stereocenters. The Labute approximate surface area is 132 Å². The fourth-order valence-electron chi connectivity index (χ4n) is 2.70. The highest BCUT2D eigenvalue weighted by Crippen LogP contribution is 2.21. The van der Waals surface area contributed by atoms with Gasteiger partial charge < -0.3 is 9.64 Å². The van der Waals surface area contributed by atoms with Gasteiger partial charge in [-0.05, 0) is 51.5 Å². The molecule has 6 heteroatoms. The molecule has 1 fully saturated rings. The summed E-state index contributed by atoms with van der Waals surface area (Å²) in [5, 5.41) is 0. The summed E-state index contributed by atoms with van der Waals surface area (Å²) in [5.41, 5.74) is 0.558. The number of carbonyl (C=O) groups is 1. The third kappa shape index (κ3) is 4.00. The van der Waals surface area contributed by atoms with Gasteiger partial charge in [0.2, 0.25) is 0 Å². The van der Waals surface area contributed by atoms with Gasteiger partial charge in [0.15, 0.2) is 9.84 Å². The highest BCUT2D eigenvalue weighted by molar-refractivity contribution is 7.91. The van der Waals surface area contributed by atoms with E-state index in [-0.39, 0.29) is 29.6 Å². The molecule has 2 rings (SSSR count). The number of benzene rings is 1. The molecule has 1 aromatic carbocycles. The molecule has 22 heavy (non-hydrogen) atoms. The molecule has 0 N–H and O–H groups in total. The van der Waals surface area contributed by atoms with Crippen LogP contribution in [0.1, 0.15) is 37.6 Å². The second kappa shape index (κ2) is 6.69. The zero-order chi connectivity index (χ0) is 16.3. The van der Waals surface area contributed by atoms with Crippen molar-refractivity contribution in [1.82, 2.24) is 4.90 Å². The Hall–Kier alpha value is -1.56. The molecule has 0 spiro atoms. The van der Waals surface area contributed by atoms with E-state index in [1.807, 2.05) is 20.8 Å². The van der Waals surface area contributed by atoms with Crippen molar-refractivity contribution in [1.29, 1.82) is 0 Å². The second-order valence-electron chi connectivity index (χ2n) is 5.84. The lowest BCUT2D eigenvalue weighted by Crippen LogP contribution is -2.40. The van der Waals surface area contributed by atoms with Crippen molar-refractivity contribution in [2.75, 3.05) is 18.1 Å². The normalized spacial score (nSPS) is 20.1. The molecule has 0 aromatic heterocycles. The molecular formula is C16H23NO4S. The highest BCUT2D eigenvalue weighted by atomic mass is 32.2. The van der Waals surface area contributed by atoms with Gasteiger partial charge in [-0.15, -0.1) is 0 Å². The second-order valence-corrected chi connectivity index (χ2v) is 8.07. The predicted molar refractivity (Wildman–Crippen MR) is 86.0 cm³/mol. The van der Waals surface area contributed by atoms with Gasteiger partial charge in [0, 0.05) is 18.2 Å². The van der Waals surface area contributed by atoms with E-state index in [1.165, 1.54) is 0 Å². The van der Waals surface area contributed by atoms with Crippen LogP contribution in [0.15, 0.2) is 24.3 Å². The molecule has 0 saturated carbocycles. The van der Waals surface area contributed by atoms with Crippen molar-refractivity contribution >= 4 is 15.7 Å². The van der Waals surface area contributed by atoms with Crippen LogP contribution in [0.25, 0.3) is 0 Å². The zero-order valence-corrected chi connectivity index (χ0v) is 14.1. The first kappa shape index (κ1) is 16.8.